The normalized spacial score (nSPS) is 11.9. The summed E-state index contributed by atoms with van der Waals surface area (Å²) >= 11 is 5.21. The van der Waals surface area contributed by atoms with Crippen molar-refractivity contribution >= 4 is 50.9 Å². The first-order valence-electron chi connectivity index (χ1n) is 11.1. The predicted molar refractivity (Wildman–Crippen MR) is 145 cm³/mol. The molecule has 1 N–H and O–H groups in total. The van der Waals surface area contributed by atoms with Gasteiger partial charge in [0, 0.05) is 20.9 Å². The van der Waals surface area contributed by atoms with Crippen LogP contribution in [0.25, 0.3) is 6.08 Å². The highest BCUT2D eigenvalue weighted by molar-refractivity contribution is 9.10. The number of ether oxygens (including phenoxy) is 2. The number of methoxy groups -OCH3 is 1. The topological polar surface area (TPSA) is 47.6 Å². The summed E-state index contributed by atoms with van der Waals surface area (Å²) in [6.07, 6.45) is 3.42. The van der Waals surface area contributed by atoms with Crippen molar-refractivity contribution in [3.05, 3.63) is 112 Å². The van der Waals surface area contributed by atoms with E-state index in [0.29, 0.717) is 12.2 Å². The van der Waals surface area contributed by atoms with Gasteiger partial charge in [0.15, 0.2) is 5.78 Å². The minimum Gasteiger partial charge on any atom is -0.496 e. The van der Waals surface area contributed by atoms with Crippen LogP contribution in [0.3, 0.4) is 0 Å². The summed E-state index contributed by atoms with van der Waals surface area (Å²) in [4.78, 5) is 15.2. The second-order valence-electron chi connectivity index (χ2n) is 7.92. The molecular formula is C29H22BrNO3S. The summed E-state index contributed by atoms with van der Waals surface area (Å²) in [5, 5.41) is 3.43. The molecule has 0 saturated carbocycles. The number of allylic oxidation sites excluding steroid dienone is 1. The third kappa shape index (κ3) is 5.29. The molecule has 0 unspecified atom stereocenters. The predicted octanol–water partition coefficient (Wildman–Crippen LogP) is 8.14. The third-order valence-corrected chi connectivity index (χ3v) is 7.40. The van der Waals surface area contributed by atoms with E-state index in [1.165, 1.54) is 4.90 Å². The maximum Gasteiger partial charge on any atom is 0.185 e. The number of carbonyl (C=O) groups excluding carboxylic acids is 1. The van der Waals surface area contributed by atoms with Crippen molar-refractivity contribution in [3.63, 3.8) is 0 Å². The molecule has 0 aromatic heterocycles. The summed E-state index contributed by atoms with van der Waals surface area (Å²) in [6, 6.07) is 27.4. The van der Waals surface area contributed by atoms with E-state index in [1.807, 2.05) is 84.9 Å². The number of halogens is 1. The summed E-state index contributed by atoms with van der Waals surface area (Å²) in [5.41, 5.74) is 4.43. The Kier molecular flexibility index (Phi) is 6.93. The highest BCUT2D eigenvalue weighted by Crippen LogP contribution is 2.44. The van der Waals surface area contributed by atoms with E-state index >= 15 is 0 Å². The number of anilines is 2. The second kappa shape index (κ2) is 10.4. The fourth-order valence-electron chi connectivity index (χ4n) is 3.79. The van der Waals surface area contributed by atoms with Gasteiger partial charge in [0.05, 0.1) is 23.0 Å². The third-order valence-electron chi connectivity index (χ3n) is 5.59. The SMILES string of the molecule is COc1ccc(/C=C/C(=O)c2ccc3c(c2)Nc2ccccc2S3)cc1COc1ccccc1Br. The summed E-state index contributed by atoms with van der Waals surface area (Å²) < 4.78 is 12.4. The van der Waals surface area contributed by atoms with Gasteiger partial charge >= 0.3 is 0 Å². The maximum absolute atomic E-state index is 12.9. The monoisotopic (exact) mass is 543 g/mol. The molecule has 0 saturated heterocycles. The molecule has 0 bridgehead atoms. The average Bonchev–Trinajstić information content (AvgIpc) is 2.89. The van der Waals surface area contributed by atoms with Crippen molar-refractivity contribution in [2.45, 2.75) is 16.4 Å². The molecule has 0 amide bonds. The van der Waals surface area contributed by atoms with Gasteiger partial charge in [0.1, 0.15) is 18.1 Å². The Balaban J connectivity index is 1.31. The molecule has 0 spiro atoms. The number of rotatable bonds is 7. The Bertz CT molecular complexity index is 1430. The van der Waals surface area contributed by atoms with Crippen LogP contribution in [-0.4, -0.2) is 12.9 Å². The van der Waals surface area contributed by atoms with E-state index in [9.17, 15) is 4.79 Å². The van der Waals surface area contributed by atoms with E-state index < -0.39 is 0 Å². The standard InChI is InChI=1S/C29H22BrNO3S/c1-33-26-14-11-19(16-21(26)18-34-27-8-4-2-6-22(27)30)10-13-25(32)20-12-15-29-24(17-20)31-23-7-3-5-9-28(23)35-29/h2-17,31H,18H2,1H3/b13-10+. The second-order valence-corrected chi connectivity index (χ2v) is 9.86. The zero-order valence-electron chi connectivity index (χ0n) is 19.0. The lowest BCUT2D eigenvalue weighted by atomic mass is 10.1. The van der Waals surface area contributed by atoms with Crippen LogP contribution < -0.4 is 14.8 Å². The fraction of sp³-hybridized carbons (Fsp3) is 0.0690. The first-order valence-corrected chi connectivity index (χ1v) is 12.7. The summed E-state index contributed by atoms with van der Waals surface area (Å²) in [5.74, 6) is 1.44. The summed E-state index contributed by atoms with van der Waals surface area (Å²) in [7, 11) is 1.64. The summed E-state index contributed by atoms with van der Waals surface area (Å²) in [6.45, 7) is 0.344. The van der Waals surface area contributed by atoms with Crippen molar-refractivity contribution in [3.8, 4) is 11.5 Å². The molecule has 35 heavy (non-hydrogen) atoms. The Labute approximate surface area is 217 Å². The van der Waals surface area contributed by atoms with Crippen molar-refractivity contribution in [1.82, 2.24) is 0 Å². The van der Waals surface area contributed by atoms with Crippen LogP contribution in [0.1, 0.15) is 21.5 Å². The molecule has 0 aliphatic carbocycles. The molecule has 0 atom stereocenters. The fourth-order valence-corrected chi connectivity index (χ4v) is 5.16. The molecule has 4 nitrogen and oxygen atoms in total. The van der Waals surface area contributed by atoms with Gasteiger partial charge in [-0.25, -0.2) is 0 Å². The number of ketones is 1. The molecule has 1 heterocycles. The van der Waals surface area contributed by atoms with E-state index in [-0.39, 0.29) is 5.78 Å². The molecule has 4 aromatic carbocycles. The largest absolute Gasteiger partial charge is 0.496 e. The number of benzene rings is 4. The van der Waals surface area contributed by atoms with Crippen LogP contribution in [0.15, 0.2) is 105 Å². The molecule has 0 radical (unpaired) electrons. The van der Waals surface area contributed by atoms with Gasteiger partial charge in [-0.1, -0.05) is 48.2 Å². The lowest BCUT2D eigenvalue weighted by Gasteiger charge is -2.20. The molecule has 1 aliphatic rings. The molecule has 1 aliphatic heterocycles. The molecular weight excluding hydrogens is 522 g/mol. The number of fused-ring (bicyclic) bond motifs is 2. The number of para-hydroxylation sites is 2. The Morgan fingerprint density at radius 1 is 0.914 bits per heavy atom. The van der Waals surface area contributed by atoms with Gasteiger partial charge in [-0.2, -0.15) is 0 Å². The van der Waals surface area contributed by atoms with E-state index in [0.717, 1.165) is 43.4 Å². The van der Waals surface area contributed by atoms with Gasteiger partial charge in [-0.05, 0) is 82.2 Å². The van der Waals surface area contributed by atoms with Crippen LogP contribution in [0.2, 0.25) is 0 Å². The van der Waals surface area contributed by atoms with Gasteiger partial charge < -0.3 is 14.8 Å². The van der Waals surface area contributed by atoms with Crippen molar-refractivity contribution in [2.75, 3.05) is 12.4 Å². The smallest absolute Gasteiger partial charge is 0.185 e. The van der Waals surface area contributed by atoms with Crippen LogP contribution in [-0.2, 0) is 6.61 Å². The van der Waals surface area contributed by atoms with E-state index in [4.69, 9.17) is 9.47 Å². The van der Waals surface area contributed by atoms with Crippen LogP contribution in [0, 0.1) is 0 Å². The van der Waals surface area contributed by atoms with E-state index in [2.05, 4.69) is 27.3 Å². The van der Waals surface area contributed by atoms with Crippen LogP contribution in [0.5, 0.6) is 11.5 Å². The highest BCUT2D eigenvalue weighted by Gasteiger charge is 2.16. The zero-order chi connectivity index (χ0) is 24.2. The van der Waals surface area contributed by atoms with Crippen molar-refractivity contribution in [2.24, 2.45) is 0 Å². The number of hydrogen-bond acceptors (Lipinski definition) is 5. The minimum absolute atomic E-state index is 0.0553. The van der Waals surface area contributed by atoms with Gasteiger partial charge in [-0.15, -0.1) is 0 Å². The Hall–Kier alpha value is -3.48. The zero-order valence-corrected chi connectivity index (χ0v) is 21.4. The number of hydrogen-bond donors (Lipinski definition) is 1. The van der Waals surface area contributed by atoms with Gasteiger partial charge in [-0.3, -0.25) is 4.79 Å². The molecule has 174 valence electrons. The van der Waals surface area contributed by atoms with Crippen LogP contribution in [0.4, 0.5) is 11.4 Å². The Morgan fingerprint density at radius 3 is 2.57 bits per heavy atom. The number of nitrogens with one attached hydrogen (secondary N) is 1. The minimum atomic E-state index is -0.0553. The van der Waals surface area contributed by atoms with Gasteiger partial charge in [0.2, 0.25) is 0 Å². The van der Waals surface area contributed by atoms with Crippen molar-refractivity contribution < 1.29 is 14.3 Å². The van der Waals surface area contributed by atoms with Crippen LogP contribution >= 0.6 is 27.7 Å². The molecule has 6 heteroatoms. The van der Waals surface area contributed by atoms with Gasteiger partial charge in [0.25, 0.3) is 0 Å². The maximum atomic E-state index is 12.9. The lowest BCUT2D eigenvalue weighted by Crippen LogP contribution is -2.02. The average molecular weight is 544 g/mol. The van der Waals surface area contributed by atoms with E-state index in [1.54, 1.807) is 24.9 Å². The van der Waals surface area contributed by atoms with Crippen molar-refractivity contribution in [1.29, 1.82) is 0 Å². The molecule has 4 aromatic rings. The highest BCUT2D eigenvalue weighted by atomic mass is 79.9. The lowest BCUT2D eigenvalue weighted by molar-refractivity contribution is 0.104. The molecule has 5 rings (SSSR count). The first kappa shape index (κ1) is 23.3. The molecule has 0 fully saturated rings. The quantitative estimate of drug-likeness (QED) is 0.166. The number of carbonyl (C=O) groups is 1. The Morgan fingerprint density at radius 2 is 1.71 bits per heavy atom. The first-order chi connectivity index (χ1) is 17.1.